The minimum absolute atomic E-state index is 0.0949. The molecule has 1 aromatic heterocycles. The van der Waals surface area contributed by atoms with Crippen molar-refractivity contribution in [3.63, 3.8) is 0 Å². The molecule has 2 aromatic rings. The average Bonchev–Trinajstić information content (AvgIpc) is 2.93. The molecule has 0 saturated heterocycles. The van der Waals surface area contributed by atoms with Crippen LogP contribution in [-0.4, -0.2) is 51.7 Å². The van der Waals surface area contributed by atoms with E-state index in [4.69, 9.17) is 9.84 Å². The van der Waals surface area contributed by atoms with Crippen LogP contribution < -0.4 is 5.32 Å². The predicted molar refractivity (Wildman–Crippen MR) is 81.5 cm³/mol. The molecule has 0 aliphatic heterocycles. The van der Waals surface area contributed by atoms with Crippen molar-refractivity contribution in [2.45, 2.75) is 19.4 Å². The summed E-state index contributed by atoms with van der Waals surface area (Å²) in [6.07, 6.45) is 0.170. The highest BCUT2D eigenvalue weighted by Gasteiger charge is 2.24. The van der Waals surface area contributed by atoms with Crippen LogP contribution in [0.3, 0.4) is 0 Å². The molecular weight excluding hydrogens is 300 g/mol. The van der Waals surface area contributed by atoms with Gasteiger partial charge in [-0.05, 0) is 19.1 Å². The number of nitrogens with zero attached hydrogens (tertiary/aromatic N) is 3. The number of hydrogen-bond donors (Lipinski definition) is 2. The molecule has 0 aliphatic carbocycles. The highest BCUT2D eigenvalue weighted by atomic mass is 16.5. The van der Waals surface area contributed by atoms with Crippen molar-refractivity contribution in [1.82, 2.24) is 20.3 Å². The van der Waals surface area contributed by atoms with E-state index in [0.717, 1.165) is 5.69 Å². The first-order valence-corrected chi connectivity index (χ1v) is 7.05. The van der Waals surface area contributed by atoms with E-state index in [1.54, 1.807) is 6.92 Å². The molecule has 2 rings (SSSR count). The van der Waals surface area contributed by atoms with Gasteiger partial charge >= 0.3 is 5.97 Å². The number of aliphatic carboxylic acids is 1. The Bertz CT molecular complexity index is 684. The lowest BCUT2D eigenvalue weighted by molar-refractivity contribution is -0.139. The summed E-state index contributed by atoms with van der Waals surface area (Å²) in [6.45, 7) is 1.93. The Kier molecular flexibility index (Phi) is 5.42. The number of carboxylic acid groups (broad SMARTS) is 1. The van der Waals surface area contributed by atoms with Crippen molar-refractivity contribution in [3.8, 4) is 5.69 Å². The summed E-state index contributed by atoms with van der Waals surface area (Å²) >= 11 is 0. The van der Waals surface area contributed by atoms with Crippen molar-refractivity contribution in [3.05, 3.63) is 41.7 Å². The Morgan fingerprint density at radius 1 is 1.35 bits per heavy atom. The molecule has 122 valence electrons. The van der Waals surface area contributed by atoms with Crippen LogP contribution in [0.5, 0.6) is 0 Å². The van der Waals surface area contributed by atoms with Crippen molar-refractivity contribution < 1.29 is 19.4 Å². The predicted octanol–water partition coefficient (Wildman–Crippen LogP) is 0.795. The summed E-state index contributed by atoms with van der Waals surface area (Å²) in [5.74, 6) is -1.70. The molecule has 1 heterocycles. The van der Waals surface area contributed by atoms with Gasteiger partial charge in [0.05, 0.1) is 11.4 Å². The lowest BCUT2D eigenvalue weighted by Crippen LogP contribution is -2.41. The van der Waals surface area contributed by atoms with Crippen LogP contribution in [0.1, 0.15) is 22.6 Å². The number of methoxy groups -OCH3 is 1. The number of nitrogens with one attached hydrogen (secondary N) is 1. The number of amides is 1. The molecule has 1 amide bonds. The van der Waals surface area contributed by atoms with Gasteiger partial charge in [0.2, 0.25) is 0 Å². The van der Waals surface area contributed by atoms with E-state index in [2.05, 4.69) is 15.6 Å². The highest BCUT2D eigenvalue weighted by Crippen LogP contribution is 2.12. The van der Waals surface area contributed by atoms with Gasteiger partial charge in [0, 0.05) is 20.1 Å². The van der Waals surface area contributed by atoms with Gasteiger partial charge in [0.1, 0.15) is 6.04 Å². The Morgan fingerprint density at radius 3 is 2.65 bits per heavy atom. The van der Waals surface area contributed by atoms with E-state index in [1.165, 1.54) is 11.8 Å². The molecule has 0 aliphatic rings. The second kappa shape index (κ2) is 7.50. The van der Waals surface area contributed by atoms with Crippen molar-refractivity contribution in [1.29, 1.82) is 0 Å². The molecule has 0 bridgehead atoms. The quantitative estimate of drug-likeness (QED) is 0.782. The molecule has 0 spiro atoms. The second-order valence-corrected chi connectivity index (χ2v) is 4.92. The molecule has 0 radical (unpaired) electrons. The third kappa shape index (κ3) is 3.92. The zero-order valence-electron chi connectivity index (χ0n) is 12.9. The number of aromatic nitrogens is 3. The molecular formula is C15H18N4O4. The summed E-state index contributed by atoms with van der Waals surface area (Å²) in [6, 6.07) is 8.20. The van der Waals surface area contributed by atoms with E-state index in [0.29, 0.717) is 5.69 Å². The molecule has 2 N–H and O–H groups in total. The number of ether oxygens (including phenoxy) is 1. The normalized spacial score (nSPS) is 11.9. The number of carbonyl (C=O) groups is 2. The molecule has 8 nitrogen and oxygen atoms in total. The van der Waals surface area contributed by atoms with Crippen LogP contribution in [-0.2, 0) is 9.53 Å². The zero-order chi connectivity index (χ0) is 16.8. The summed E-state index contributed by atoms with van der Waals surface area (Å²) in [7, 11) is 1.47. The maximum absolute atomic E-state index is 12.3. The van der Waals surface area contributed by atoms with E-state index in [9.17, 15) is 9.59 Å². The van der Waals surface area contributed by atoms with E-state index in [-0.39, 0.29) is 18.7 Å². The van der Waals surface area contributed by atoms with Gasteiger partial charge in [-0.1, -0.05) is 23.4 Å². The number of carbonyl (C=O) groups excluding carboxylic acids is 1. The molecule has 0 saturated carbocycles. The number of para-hydroxylation sites is 1. The number of hydrogen-bond acceptors (Lipinski definition) is 5. The maximum Gasteiger partial charge on any atom is 0.326 e. The Hall–Kier alpha value is -2.74. The zero-order valence-corrected chi connectivity index (χ0v) is 12.9. The molecule has 1 atom stereocenters. The summed E-state index contributed by atoms with van der Waals surface area (Å²) in [5, 5.41) is 19.4. The van der Waals surface area contributed by atoms with Gasteiger partial charge in [-0.2, -0.15) is 0 Å². The standard InChI is InChI=1S/C15H18N4O4/c1-10-13(14(20)16-12(15(21)22)8-9-23-2)17-18-19(10)11-6-4-3-5-7-11/h3-7,12H,8-9H2,1-2H3,(H,16,20)(H,21,22). The average molecular weight is 318 g/mol. The fraction of sp³-hybridized carbons (Fsp3) is 0.333. The first kappa shape index (κ1) is 16.6. The van der Waals surface area contributed by atoms with Gasteiger partial charge in [-0.25, -0.2) is 9.48 Å². The summed E-state index contributed by atoms with van der Waals surface area (Å²) < 4.78 is 6.38. The van der Waals surface area contributed by atoms with Gasteiger partial charge in [-0.3, -0.25) is 4.79 Å². The van der Waals surface area contributed by atoms with Crippen molar-refractivity contribution in [2.24, 2.45) is 0 Å². The van der Waals surface area contributed by atoms with Gasteiger partial charge in [0.15, 0.2) is 5.69 Å². The minimum Gasteiger partial charge on any atom is -0.480 e. The largest absolute Gasteiger partial charge is 0.480 e. The smallest absolute Gasteiger partial charge is 0.326 e. The monoisotopic (exact) mass is 318 g/mol. The second-order valence-electron chi connectivity index (χ2n) is 4.92. The number of rotatable bonds is 7. The van der Waals surface area contributed by atoms with Crippen LogP contribution in [0.15, 0.2) is 30.3 Å². The minimum atomic E-state index is -1.12. The fourth-order valence-electron chi connectivity index (χ4n) is 2.07. The summed E-state index contributed by atoms with van der Waals surface area (Å²) in [4.78, 5) is 23.4. The third-order valence-electron chi connectivity index (χ3n) is 3.32. The maximum atomic E-state index is 12.3. The van der Waals surface area contributed by atoms with Gasteiger partial charge in [0.25, 0.3) is 5.91 Å². The Labute approximate surface area is 133 Å². The molecule has 0 fully saturated rings. The van der Waals surface area contributed by atoms with Crippen LogP contribution in [0.25, 0.3) is 5.69 Å². The van der Waals surface area contributed by atoms with Gasteiger partial charge < -0.3 is 15.2 Å². The van der Waals surface area contributed by atoms with Crippen LogP contribution >= 0.6 is 0 Å². The van der Waals surface area contributed by atoms with Crippen molar-refractivity contribution in [2.75, 3.05) is 13.7 Å². The Balaban J connectivity index is 2.17. The first-order chi connectivity index (χ1) is 11.0. The third-order valence-corrected chi connectivity index (χ3v) is 3.32. The van der Waals surface area contributed by atoms with E-state index < -0.39 is 17.9 Å². The van der Waals surface area contributed by atoms with E-state index in [1.807, 2.05) is 30.3 Å². The van der Waals surface area contributed by atoms with Crippen LogP contribution in [0.4, 0.5) is 0 Å². The molecule has 23 heavy (non-hydrogen) atoms. The molecule has 1 aromatic carbocycles. The van der Waals surface area contributed by atoms with Crippen LogP contribution in [0, 0.1) is 6.92 Å². The van der Waals surface area contributed by atoms with Crippen LogP contribution in [0.2, 0.25) is 0 Å². The topological polar surface area (TPSA) is 106 Å². The SMILES string of the molecule is COCCC(NC(=O)c1nnn(-c2ccccc2)c1C)C(=O)O. The number of carboxylic acids is 1. The highest BCUT2D eigenvalue weighted by molar-refractivity contribution is 5.95. The van der Waals surface area contributed by atoms with Crippen molar-refractivity contribution >= 4 is 11.9 Å². The lowest BCUT2D eigenvalue weighted by atomic mass is 10.2. The molecule has 8 heteroatoms. The lowest BCUT2D eigenvalue weighted by Gasteiger charge is -2.13. The fourth-order valence-corrected chi connectivity index (χ4v) is 2.07. The molecule has 1 unspecified atom stereocenters. The van der Waals surface area contributed by atoms with E-state index >= 15 is 0 Å². The number of benzene rings is 1. The summed E-state index contributed by atoms with van der Waals surface area (Å²) in [5.41, 5.74) is 1.40. The Morgan fingerprint density at radius 2 is 2.04 bits per heavy atom. The van der Waals surface area contributed by atoms with Gasteiger partial charge in [-0.15, -0.1) is 5.10 Å². The first-order valence-electron chi connectivity index (χ1n) is 7.05.